The molecule has 0 radical (unpaired) electrons. The lowest BCUT2D eigenvalue weighted by molar-refractivity contribution is 0.381. The molecule has 15 heteroatoms. The minimum Gasteiger partial charge on any atom is -0.457 e. The smallest absolute Gasteiger partial charge is 0.200 e. The number of halogens is 10. The van der Waals surface area contributed by atoms with Crippen LogP contribution in [0.25, 0.3) is 49.9 Å². The predicted molar refractivity (Wildman–Crippen MR) is 255 cm³/mol. The van der Waals surface area contributed by atoms with Gasteiger partial charge in [0.15, 0.2) is 46.5 Å². The Morgan fingerprint density at radius 3 is 1.54 bits per heavy atom. The van der Waals surface area contributed by atoms with Gasteiger partial charge in [-0.25, -0.2) is 48.9 Å². The van der Waals surface area contributed by atoms with Gasteiger partial charge in [0.25, 0.3) is 0 Å². The van der Waals surface area contributed by atoms with Gasteiger partial charge in [0.1, 0.15) is 24.0 Å². The second-order valence-corrected chi connectivity index (χ2v) is 19.3. The maximum absolute atomic E-state index is 16.1. The quantitative estimate of drug-likeness (QED) is 0.0905. The van der Waals surface area contributed by atoms with Gasteiger partial charge in [0, 0.05) is 45.9 Å². The van der Waals surface area contributed by atoms with Crippen molar-refractivity contribution in [3.8, 4) is 39.6 Å². The Hall–Kier alpha value is -7.81. The largest absolute Gasteiger partial charge is 0.457 e. The van der Waals surface area contributed by atoms with Crippen LogP contribution in [0.4, 0.5) is 66.7 Å². The van der Waals surface area contributed by atoms with Crippen molar-refractivity contribution in [2.45, 2.75) is 52.4 Å². The van der Waals surface area contributed by atoms with Crippen molar-refractivity contribution in [3.05, 3.63) is 191 Å². The Bertz CT molecular complexity index is 3520. The first-order chi connectivity index (χ1) is 33.6. The van der Waals surface area contributed by atoms with Gasteiger partial charge in [0.2, 0.25) is 11.6 Å². The number of rotatable bonds is 7. The van der Waals surface area contributed by atoms with Crippen LogP contribution in [0.3, 0.4) is 0 Å². The van der Waals surface area contributed by atoms with Crippen LogP contribution in [0, 0.1) is 58.2 Å². The fraction of sp³-hybridized carbons (Fsp3) is 0.161. The average molecular weight is 975 g/mol. The highest BCUT2D eigenvalue weighted by Crippen LogP contribution is 2.53. The molecule has 0 saturated heterocycles. The molecule has 1 aliphatic heterocycles. The van der Waals surface area contributed by atoms with E-state index in [2.05, 4.69) is 31.4 Å². The topological polar surface area (TPSA) is 33.5 Å². The summed E-state index contributed by atoms with van der Waals surface area (Å²) in [6.45, 7) is 10.7. The summed E-state index contributed by atoms with van der Waals surface area (Å²) in [4.78, 5) is 7.67. The first kappa shape index (κ1) is 46.9. The van der Waals surface area contributed by atoms with Gasteiger partial charge in [-0.2, -0.15) is 0 Å². The molecule has 0 amide bonds. The Labute approximate surface area is 400 Å². The van der Waals surface area contributed by atoms with E-state index in [-0.39, 0.29) is 16.7 Å². The lowest BCUT2D eigenvalue weighted by Gasteiger charge is -2.30. The maximum atomic E-state index is 16.1. The molecule has 1 aliphatic rings. The van der Waals surface area contributed by atoms with Crippen molar-refractivity contribution in [3.63, 3.8) is 0 Å². The third-order valence-electron chi connectivity index (χ3n) is 12.8. The SMILES string of the molecule is CC(C)(C)c1ccnc(-n2c3ccccc3c3ccc(Oc4cccc(N5CN(c6c(-c7c(F)c(F)c(F)c(F)c7F)cc(C(C)(C)C)cc6-c6c(F)c(F)c(F)c(F)c6F)c6ccccc65)c4)cc32)c1. The van der Waals surface area contributed by atoms with Crippen LogP contribution in [0.5, 0.6) is 11.5 Å². The molecular weight excluding hydrogens is 935 g/mol. The van der Waals surface area contributed by atoms with Crippen LogP contribution in [-0.4, -0.2) is 16.2 Å². The normalized spacial score (nSPS) is 13.0. The van der Waals surface area contributed by atoms with E-state index in [1.54, 1.807) is 74.3 Å². The molecule has 9 aromatic rings. The van der Waals surface area contributed by atoms with Gasteiger partial charge < -0.3 is 14.5 Å². The third kappa shape index (κ3) is 7.69. The molecule has 0 N–H and O–H groups in total. The van der Waals surface area contributed by atoms with Crippen molar-refractivity contribution in [1.29, 1.82) is 0 Å². The fourth-order valence-corrected chi connectivity index (χ4v) is 9.17. The van der Waals surface area contributed by atoms with Crippen LogP contribution in [-0.2, 0) is 10.8 Å². The molecule has 71 heavy (non-hydrogen) atoms. The minimum atomic E-state index is -2.47. The molecule has 0 unspecified atom stereocenters. The van der Waals surface area contributed by atoms with E-state index in [9.17, 15) is 8.78 Å². The summed E-state index contributed by atoms with van der Waals surface area (Å²) in [5, 5.41) is 1.94. The molecule has 0 aliphatic carbocycles. The molecule has 0 spiro atoms. The maximum Gasteiger partial charge on any atom is 0.200 e. The van der Waals surface area contributed by atoms with E-state index in [0.717, 1.165) is 39.5 Å². The molecular formula is C56H40F10N4O. The minimum absolute atomic E-state index is 0.0124. The molecule has 10 rings (SSSR count). The number of para-hydroxylation sites is 3. The number of pyridine rings is 1. The van der Waals surface area contributed by atoms with Gasteiger partial charge in [-0.3, -0.25) is 4.57 Å². The van der Waals surface area contributed by atoms with Gasteiger partial charge in [0.05, 0.1) is 39.2 Å². The first-order valence-electron chi connectivity index (χ1n) is 22.3. The summed E-state index contributed by atoms with van der Waals surface area (Å²) in [7, 11) is 0. The lowest BCUT2D eigenvalue weighted by Crippen LogP contribution is -2.26. The van der Waals surface area contributed by atoms with E-state index in [4.69, 9.17) is 9.72 Å². The Morgan fingerprint density at radius 1 is 0.451 bits per heavy atom. The van der Waals surface area contributed by atoms with Gasteiger partial charge in [-0.15, -0.1) is 0 Å². The van der Waals surface area contributed by atoms with Crippen molar-refractivity contribution in [1.82, 2.24) is 9.55 Å². The summed E-state index contributed by atoms with van der Waals surface area (Å²) in [5.74, 6) is -21.9. The van der Waals surface area contributed by atoms with Crippen LogP contribution in [0.15, 0.2) is 121 Å². The van der Waals surface area contributed by atoms with Crippen LogP contribution < -0.4 is 14.5 Å². The molecule has 7 aromatic carbocycles. The number of benzene rings is 7. The zero-order chi connectivity index (χ0) is 50.6. The summed E-state index contributed by atoms with van der Waals surface area (Å²) >= 11 is 0. The van der Waals surface area contributed by atoms with Gasteiger partial charge in [-0.1, -0.05) is 77.9 Å². The average Bonchev–Trinajstić information content (AvgIpc) is 3.89. The zero-order valence-electron chi connectivity index (χ0n) is 38.7. The van der Waals surface area contributed by atoms with Crippen molar-refractivity contribution in [2.75, 3.05) is 16.5 Å². The summed E-state index contributed by atoms with van der Waals surface area (Å²) < 4.78 is 163. The number of anilines is 4. The summed E-state index contributed by atoms with van der Waals surface area (Å²) in [6, 6.07) is 32.9. The van der Waals surface area contributed by atoms with E-state index in [0.29, 0.717) is 28.7 Å². The molecule has 0 atom stereocenters. The van der Waals surface area contributed by atoms with Crippen molar-refractivity contribution in [2.24, 2.45) is 0 Å². The molecule has 3 heterocycles. The third-order valence-corrected chi connectivity index (χ3v) is 12.8. The monoisotopic (exact) mass is 974 g/mol. The highest BCUT2D eigenvalue weighted by molar-refractivity contribution is 6.09. The van der Waals surface area contributed by atoms with E-state index >= 15 is 35.1 Å². The van der Waals surface area contributed by atoms with E-state index < -0.39 is 98.2 Å². The number of hydrogen-bond donors (Lipinski definition) is 0. The molecule has 0 fully saturated rings. The van der Waals surface area contributed by atoms with Crippen LogP contribution in [0.2, 0.25) is 0 Å². The lowest BCUT2D eigenvalue weighted by atomic mass is 9.81. The number of hydrogen-bond acceptors (Lipinski definition) is 4. The molecule has 5 nitrogen and oxygen atoms in total. The highest BCUT2D eigenvalue weighted by Gasteiger charge is 2.38. The second-order valence-electron chi connectivity index (χ2n) is 19.3. The number of aromatic nitrogens is 2. The standard InChI is InChI=1S/C56H40F10N4O/c1-55(2,3)28-20-21-67-41(24-28)70-37-15-8-7-14-33(37)34-19-18-32(26-40(34)70)71-31-13-11-12-30(25-31)68-27-69(39-17-10-9-16-38(39)68)54-35(42-44(57)48(61)52(65)49(62)45(42)58)22-29(56(4,5)6)23-36(54)43-46(59)50(63)53(66)51(64)47(43)60/h7-26H,27H2,1-6H3. The Balaban J connectivity index is 1.13. The highest BCUT2D eigenvalue weighted by atomic mass is 19.2. The summed E-state index contributed by atoms with van der Waals surface area (Å²) in [6.07, 6.45) is 1.78. The van der Waals surface area contributed by atoms with Gasteiger partial charge >= 0.3 is 0 Å². The van der Waals surface area contributed by atoms with Crippen LogP contribution >= 0.6 is 0 Å². The zero-order valence-corrected chi connectivity index (χ0v) is 38.7. The van der Waals surface area contributed by atoms with Crippen LogP contribution in [0.1, 0.15) is 52.7 Å². The molecule has 360 valence electrons. The number of fused-ring (bicyclic) bond motifs is 4. The second kappa shape index (κ2) is 17.0. The molecule has 0 bridgehead atoms. The van der Waals surface area contributed by atoms with E-state index in [1.807, 2.05) is 48.5 Å². The number of nitrogens with zero attached hydrogens (tertiary/aromatic N) is 4. The van der Waals surface area contributed by atoms with Crippen molar-refractivity contribution >= 4 is 44.6 Å². The fourth-order valence-electron chi connectivity index (χ4n) is 9.17. The Morgan fingerprint density at radius 2 is 0.958 bits per heavy atom. The molecule has 0 saturated carbocycles. The first-order valence-corrected chi connectivity index (χ1v) is 22.3. The Kier molecular flexibility index (Phi) is 11.2. The predicted octanol–water partition coefficient (Wildman–Crippen LogP) is 16.5. The summed E-state index contributed by atoms with van der Waals surface area (Å²) in [5.41, 5.74) is -2.67. The van der Waals surface area contributed by atoms with E-state index in [1.165, 1.54) is 11.0 Å². The molecule has 2 aromatic heterocycles. The number of ether oxygens (including phenoxy) is 1. The van der Waals surface area contributed by atoms with Crippen molar-refractivity contribution < 1.29 is 48.6 Å². The van der Waals surface area contributed by atoms with Gasteiger partial charge in [-0.05, 0) is 88.7 Å².